The molecule has 7 heteroatoms. The van der Waals surface area contributed by atoms with Gasteiger partial charge in [0.2, 0.25) is 0 Å². The molecule has 25 heavy (non-hydrogen) atoms. The molecule has 2 aromatic heterocycles. The quantitative estimate of drug-likeness (QED) is 0.650. The molecule has 0 atom stereocenters. The molecule has 1 N–H and O–H groups in total. The van der Waals surface area contributed by atoms with Gasteiger partial charge < -0.3 is 15.0 Å². The predicted octanol–water partition coefficient (Wildman–Crippen LogP) is 3.45. The van der Waals surface area contributed by atoms with Crippen molar-refractivity contribution in [1.82, 2.24) is 15.3 Å². The van der Waals surface area contributed by atoms with E-state index in [0.29, 0.717) is 6.61 Å². The van der Waals surface area contributed by atoms with Gasteiger partial charge in [-0.25, -0.2) is 9.97 Å². The van der Waals surface area contributed by atoms with Crippen LogP contribution in [0.3, 0.4) is 0 Å². The van der Waals surface area contributed by atoms with Gasteiger partial charge in [-0.15, -0.1) is 11.3 Å². The van der Waals surface area contributed by atoms with Gasteiger partial charge in [0.1, 0.15) is 10.6 Å². The molecule has 1 fully saturated rings. The number of ether oxygens (including phenoxy) is 1. The predicted molar refractivity (Wildman–Crippen MR) is 106 cm³/mol. The fraction of sp³-hybridized carbons (Fsp3) is 0.667. The van der Waals surface area contributed by atoms with Gasteiger partial charge >= 0.3 is 0 Å². The van der Waals surface area contributed by atoms with Crippen LogP contribution in [-0.4, -0.2) is 47.5 Å². The van der Waals surface area contributed by atoms with E-state index < -0.39 is 0 Å². The van der Waals surface area contributed by atoms with Gasteiger partial charge in [0.05, 0.1) is 17.6 Å². The van der Waals surface area contributed by atoms with Crippen LogP contribution in [-0.2, 0) is 17.8 Å². The molecular weight excluding hydrogens is 352 g/mol. The molecule has 136 valence electrons. The van der Waals surface area contributed by atoms with Crippen LogP contribution in [0.25, 0.3) is 10.2 Å². The van der Waals surface area contributed by atoms with E-state index in [-0.39, 0.29) is 5.60 Å². The van der Waals surface area contributed by atoms with E-state index in [4.69, 9.17) is 14.7 Å². The second-order valence-corrected chi connectivity index (χ2v) is 9.47. The van der Waals surface area contributed by atoms with Gasteiger partial charge in [0.15, 0.2) is 5.16 Å². The van der Waals surface area contributed by atoms with Gasteiger partial charge in [0, 0.05) is 43.2 Å². The van der Waals surface area contributed by atoms with Gasteiger partial charge in [-0.1, -0.05) is 18.7 Å². The maximum absolute atomic E-state index is 6.04. The van der Waals surface area contributed by atoms with Crippen molar-refractivity contribution < 1.29 is 4.74 Å². The fourth-order valence-corrected chi connectivity index (χ4v) is 5.32. The highest BCUT2D eigenvalue weighted by atomic mass is 32.2. The largest absolute Gasteiger partial charge is 0.370 e. The lowest BCUT2D eigenvalue weighted by Crippen LogP contribution is -2.44. The summed E-state index contributed by atoms with van der Waals surface area (Å²) in [7, 11) is 0. The fourth-order valence-electron chi connectivity index (χ4n) is 3.47. The standard InChI is InChI=1S/C18H26N4OS2/c1-4-9-24-17-20-15(22-7-5-19-6-8-22)14-12-10-18(2,3)23-11-13(12)25-16(14)21-17/h19H,4-11H2,1-3H3. The summed E-state index contributed by atoms with van der Waals surface area (Å²) < 4.78 is 6.04. The van der Waals surface area contributed by atoms with Crippen molar-refractivity contribution in [2.75, 3.05) is 36.8 Å². The molecule has 0 radical (unpaired) electrons. The summed E-state index contributed by atoms with van der Waals surface area (Å²) in [4.78, 5) is 14.8. The molecule has 2 aliphatic rings. The number of hydrogen-bond donors (Lipinski definition) is 1. The zero-order chi connectivity index (χ0) is 17.4. The van der Waals surface area contributed by atoms with Crippen molar-refractivity contribution in [3.8, 4) is 0 Å². The van der Waals surface area contributed by atoms with Crippen LogP contribution >= 0.6 is 23.1 Å². The minimum Gasteiger partial charge on any atom is -0.370 e. The minimum atomic E-state index is -0.114. The van der Waals surface area contributed by atoms with Crippen LogP contribution in [0.15, 0.2) is 5.16 Å². The molecule has 0 unspecified atom stereocenters. The van der Waals surface area contributed by atoms with E-state index >= 15 is 0 Å². The lowest BCUT2D eigenvalue weighted by Gasteiger charge is -2.32. The number of nitrogens with one attached hydrogen (secondary N) is 1. The average molecular weight is 379 g/mol. The lowest BCUT2D eigenvalue weighted by molar-refractivity contribution is -0.0379. The third-order valence-electron chi connectivity index (χ3n) is 4.74. The number of thiophene rings is 1. The van der Waals surface area contributed by atoms with Crippen LogP contribution in [0.2, 0.25) is 0 Å². The van der Waals surface area contributed by atoms with Gasteiger partial charge in [-0.2, -0.15) is 0 Å². The SMILES string of the molecule is CCCSc1nc(N2CCNCC2)c2c3c(sc2n1)COC(C)(C)C3. The Morgan fingerprint density at radius 2 is 2.08 bits per heavy atom. The molecule has 2 aromatic rings. The van der Waals surface area contributed by atoms with Crippen molar-refractivity contribution in [3.05, 3.63) is 10.4 Å². The zero-order valence-corrected chi connectivity index (χ0v) is 16.9. The number of aromatic nitrogens is 2. The van der Waals surface area contributed by atoms with Gasteiger partial charge in [-0.05, 0) is 25.8 Å². The normalized spacial score (nSPS) is 20.0. The van der Waals surface area contributed by atoms with Gasteiger partial charge in [0.25, 0.3) is 0 Å². The van der Waals surface area contributed by atoms with E-state index in [1.54, 1.807) is 23.1 Å². The molecule has 0 bridgehead atoms. The number of piperazine rings is 1. The second-order valence-electron chi connectivity index (χ2n) is 7.32. The van der Waals surface area contributed by atoms with E-state index in [1.807, 2.05) is 0 Å². The van der Waals surface area contributed by atoms with E-state index in [0.717, 1.165) is 60.6 Å². The summed E-state index contributed by atoms with van der Waals surface area (Å²) in [5.41, 5.74) is 1.30. The Bertz CT molecular complexity index is 768. The van der Waals surface area contributed by atoms with E-state index in [9.17, 15) is 0 Å². The smallest absolute Gasteiger partial charge is 0.190 e. The van der Waals surface area contributed by atoms with E-state index in [1.165, 1.54) is 15.8 Å². The van der Waals surface area contributed by atoms with Crippen LogP contribution in [0.1, 0.15) is 37.6 Å². The summed E-state index contributed by atoms with van der Waals surface area (Å²) in [6.45, 7) is 11.3. The summed E-state index contributed by atoms with van der Waals surface area (Å²) >= 11 is 3.56. The first-order chi connectivity index (χ1) is 12.1. The lowest BCUT2D eigenvalue weighted by atomic mass is 9.94. The first kappa shape index (κ1) is 17.5. The maximum atomic E-state index is 6.04. The van der Waals surface area contributed by atoms with Crippen LogP contribution in [0.5, 0.6) is 0 Å². The van der Waals surface area contributed by atoms with E-state index in [2.05, 4.69) is 31.0 Å². The molecule has 0 spiro atoms. The van der Waals surface area contributed by atoms with Crippen molar-refractivity contribution in [3.63, 3.8) is 0 Å². The Hall–Kier alpha value is -0.890. The summed E-state index contributed by atoms with van der Waals surface area (Å²) in [6.07, 6.45) is 2.07. The molecular formula is C18H26N4OS2. The molecule has 5 nitrogen and oxygen atoms in total. The number of thioether (sulfide) groups is 1. The second kappa shape index (κ2) is 7.02. The molecule has 0 saturated carbocycles. The Morgan fingerprint density at radius 1 is 1.28 bits per heavy atom. The number of fused-ring (bicyclic) bond motifs is 3. The van der Waals surface area contributed by atoms with Crippen LogP contribution in [0.4, 0.5) is 5.82 Å². The first-order valence-electron chi connectivity index (χ1n) is 9.12. The molecule has 4 rings (SSSR count). The molecule has 0 aromatic carbocycles. The summed E-state index contributed by atoms with van der Waals surface area (Å²) in [5.74, 6) is 2.20. The number of hydrogen-bond acceptors (Lipinski definition) is 7. The van der Waals surface area contributed by atoms with Crippen LogP contribution in [0, 0.1) is 0 Å². The zero-order valence-electron chi connectivity index (χ0n) is 15.2. The average Bonchev–Trinajstić information content (AvgIpc) is 2.96. The summed E-state index contributed by atoms with van der Waals surface area (Å²) in [5, 5.41) is 5.64. The Kier molecular flexibility index (Phi) is 4.92. The molecule has 0 aliphatic carbocycles. The third kappa shape index (κ3) is 3.52. The number of rotatable bonds is 4. The molecule has 2 aliphatic heterocycles. The Morgan fingerprint density at radius 3 is 2.84 bits per heavy atom. The molecule has 1 saturated heterocycles. The topological polar surface area (TPSA) is 50.3 Å². The highest BCUT2D eigenvalue weighted by Crippen LogP contribution is 2.42. The van der Waals surface area contributed by atoms with Crippen molar-refractivity contribution in [2.45, 2.75) is 51.0 Å². The van der Waals surface area contributed by atoms with Crippen molar-refractivity contribution >= 4 is 39.1 Å². The Balaban J connectivity index is 1.84. The molecule has 4 heterocycles. The van der Waals surface area contributed by atoms with Crippen molar-refractivity contribution in [1.29, 1.82) is 0 Å². The number of anilines is 1. The van der Waals surface area contributed by atoms with Crippen molar-refractivity contribution in [2.24, 2.45) is 0 Å². The highest BCUT2D eigenvalue weighted by molar-refractivity contribution is 7.99. The Labute approximate surface area is 157 Å². The van der Waals surface area contributed by atoms with Gasteiger partial charge in [-0.3, -0.25) is 0 Å². The molecule has 0 amide bonds. The highest BCUT2D eigenvalue weighted by Gasteiger charge is 2.32. The van der Waals surface area contributed by atoms with Crippen LogP contribution < -0.4 is 10.2 Å². The third-order valence-corrected chi connectivity index (χ3v) is 6.90. The minimum absolute atomic E-state index is 0.114. The summed E-state index contributed by atoms with van der Waals surface area (Å²) in [6, 6.07) is 0. The monoisotopic (exact) mass is 378 g/mol. The maximum Gasteiger partial charge on any atom is 0.190 e. The first-order valence-corrected chi connectivity index (χ1v) is 10.9. The number of nitrogens with zero attached hydrogens (tertiary/aromatic N) is 3.